The van der Waals surface area contributed by atoms with Gasteiger partial charge in [0.2, 0.25) is 5.91 Å². The molecule has 0 radical (unpaired) electrons. The van der Waals surface area contributed by atoms with E-state index in [-0.39, 0.29) is 11.8 Å². The van der Waals surface area contributed by atoms with Crippen LogP contribution >= 0.6 is 11.3 Å². The Bertz CT molecular complexity index is 381. The average Bonchev–Trinajstić information content (AvgIpc) is 2.97. The van der Waals surface area contributed by atoms with Crippen LogP contribution in [0.2, 0.25) is 0 Å². The van der Waals surface area contributed by atoms with Gasteiger partial charge >= 0.3 is 0 Å². The summed E-state index contributed by atoms with van der Waals surface area (Å²) >= 11 is 1.68. The van der Waals surface area contributed by atoms with Gasteiger partial charge in [0.1, 0.15) is 0 Å². The number of hydrogen-bond acceptors (Lipinski definition) is 3. The van der Waals surface area contributed by atoms with Gasteiger partial charge in [0.15, 0.2) is 0 Å². The number of nitrogens with zero attached hydrogens (tertiary/aromatic N) is 1. The molecule has 0 unspecified atom stereocenters. The first-order valence-electron chi connectivity index (χ1n) is 6.39. The van der Waals surface area contributed by atoms with E-state index in [0.29, 0.717) is 12.5 Å². The average molecular weight is 252 g/mol. The van der Waals surface area contributed by atoms with Crippen LogP contribution in [0.5, 0.6) is 0 Å². The van der Waals surface area contributed by atoms with E-state index >= 15 is 0 Å². The van der Waals surface area contributed by atoms with E-state index in [1.807, 2.05) is 5.38 Å². The van der Waals surface area contributed by atoms with Crippen molar-refractivity contribution in [3.05, 3.63) is 16.1 Å². The summed E-state index contributed by atoms with van der Waals surface area (Å²) in [6.45, 7) is 4.86. The number of nitrogens with one attached hydrogen (secondary N) is 1. The van der Waals surface area contributed by atoms with Crippen LogP contribution in [-0.4, -0.2) is 10.9 Å². The molecule has 0 aromatic carbocycles. The fourth-order valence-electron chi connectivity index (χ4n) is 2.18. The topological polar surface area (TPSA) is 42.0 Å². The first kappa shape index (κ1) is 12.6. The number of aromatic nitrogens is 1. The Labute approximate surface area is 107 Å². The summed E-state index contributed by atoms with van der Waals surface area (Å²) in [7, 11) is 0. The molecule has 0 aliphatic heterocycles. The van der Waals surface area contributed by atoms with Crippen molar-refractivity contribution in [1.29, 1.82) is 0 Å². The molecule has 1 aromatic rings. The van der Waals surface area contributed by atoms with Crippen LogP contribution in [0.4, 0.5) is 0 Å². The summed E-state index contributed by atoms with van der Waals surface area (Å²) in [5.74, 6) is 0.930. The standard InChI is InChI=1S/C13H20N2OS/c1-9(2)13-15-11(8-17-13)7-14-12(16)10-5-3-4-6-10/h8-10H,3-7H2,1-2H3,(H,14,16). The Morgan fingerprint density at radius 1 is 1.53 bits per heavy atom. The van der Waals surface area contributed by atoms with E-state index in [2.05, 4.69) is 24.1 Å². The minimum Gasteiger partial charge on any atom is -0.350 e. The number of rotatable bonds is 4. The molecule has 0 bridgehead atoms. The summed E-state index contributed by atoms with van der Waals surface area (Å²) in [6.07, 6.45) is 4.51. The Morgan fingerprint density at radius 2 is 2.24 bits per heavy atom. The lowest BCUT2D eigenvalue weighted by molar-refractivity contribution is -0.124. The Morgan fingerprint density at radius 3 is 2.82 bits per heavy atom. The molecule has 0 saturated heterocycles. The summed E-state index contributed by atoms with van der Waals surface area (Å²) in [6, 6.07) is 0. The molecule has 0 spiro atoms. The van der Waals surface area contributed by atoms with Gasteiger partial charge in [-0.15, -0.1) is 11.3 Å². The third-order valence-electron chi connectivity index (χ3n) is 3.23. The van der Waals surface area contributed by atoms with E-state index in [9.17, 15) is 4.79 Å². The molecule has 94 valence electrons. The monoisotopic (exact) mass is 252 g/mol. The zero-order valence-electron chi connectivity index (χ0n) is 10.5. The minimum absolute atomic E-state index is 0.210. The molecule has 3 nitrogen and oxygen atoms in total. The number of hydrogen-bond donors (Lipinski definition) is 1. The fraction of sp³-hybridized carbons (Fsp3) is 0.692. The third kappa shape index (κ3) is 3.28. The largest absolute Gasteiger partial charge is 0.350 e. The van der Waals surface area contributed by atoms with Gasteiger partial charge in [0.25, 0.3) is 0 Å². The smallest absolute Gasteiger partial charge is 0.223 e. The van der Waals surface area contributed by atoms with E-state index in [1.54, 1.807) is 11.3 Å². The highest BCUT2D eigenvalue weighted by Gasteiger charge is 2.22. The molecule has 1 N–H and O–H groups in total. The molecule has 0 atom stereocenters. The maximum absolute atomic E-state index is 11.8. The number of amides is 1. The molecular weight excluding hydrogens is 232 g/mol. The normalized spacial score (nSPS) is 16.6. The molecule has 1 amide bonds. The van der Waals surface area contributed by atoms with Gasteiger partial charge in [-0.05, 0) is 12.8 Å². The lowest BCUT2D eigenvalue weighted by atomic mass is 10.1. The molecule has 1 aliphatic rings. The zero-order valence-corrected chi connectivity index (χ0v) is 11.3. The zero-order chi connectivity index (χ0) is 12.3. The maximum Gasteiger partial charge on any atom is 0.223 e. The van der Waals surface area contributed by atoms with Crippen molar-refractivity contribution in [3.8, 4) is 0 Å². The van der Waals surface area contributed by atoms with Crippen molar-refractivity contribution >= 4 is 17.2 Å². The van der Waals surface area contributed by atoms with Crippen molar-refractivity contribution in [2.75, 3.05) is 0 Å². The van der Waals surface area contributed by atoms with Gasteiger partial charge in [-0.3, -0.25) is 4.79 Å². The van der Waals surface area contributed by atoms with Crippen molar-refractivity contribution in [2.24, 2.45) is 5.92 Å². The Balaban J connectivity index is 1.82. The molecule has 4 heteroatoms. The van der Waals surface area contributed by atoms with Gasteiger partial charge in [0.05, 0.1) is 17.2 Å². The van der Waals surface area contributed by atoms with Crippen LogP contribution in [0.3, 0.4) is 0 Å². The van der Waals surface area contributed by atoms with Crippen LogP contribution in [0.15, 0.2) is 5.38 Å². The molecule has 2 rings (SSSR count). The maximum atomic E-state index is 11.8. The van der Waals surface area contributed by atoms with E-state index < -0.39 is 0 Å². The second-order valence-corrected chi connectivity index (χ2v) is 5.92. The van der Waals surface area contributed by atoms with Crippen molar-refractivity contribution in [3.63, 3.8) is 0 Å². The number of carbonyl (C=O) groups excluding carboxylic acids is 1. The quantitative estimate of drug-likeness (QED) is 0.894. The molecule has 1 fully saturated rings. The van der Waals surface area contributed by atoms with Gasteiger partial charge in [-0.1, -0.05) is 26.7 Å². The van der Waals surface area contributed by atoms with Gasteiger partial charge in [-0.2, -0.15) is 0 Å². The Kier molecular flexibility index (Phi) is 4.15. The molecule has 1 aliphatic carbocycles. The van der Waals surface area contributed by atoms with Crippen molar-refractivity contribution in [1.82, 2.24) is 10.3 Å². The highest BCUT2D eigenvalue weighted by atomic mass is 32.1. The van der Waals surface area contributed by atoms with Crippen LogP contribution in [-0.2, 0) is 11.3 Å². The summed E-state index contributed by atoms with van der Waals surface area (Å²) in [4.78, 5) is 16.3. The Hall–Kier alpha value is -0.900. The number of thiazole rings is 1. The van der Waals surface area contributed by atoms with Crippen LogP contribution < -0.4 is 5.32 Å². The molecular formula is C13H20N2OS. The summed E-state index contributed by atoms with van der Waals surface area (Å²) in [5.41, 5.74) is 0.991. The third-order valence-corrected chi connectivity index (χ3v) is 4.43. The highest BCUT2D eigenvalue weighted by molar-refractivity contribution is 7.09. The SMILES string of the molecule is CC(C)c1nc(CNC(=O)C2CCCC2)cs1. The first-order chi connectivity index (χ1) is 8.16. The van der Waals surface area contributed by atoms with Gasteiger partial charge in [-0.25, -0.2) is 4.98 Å². The van der Waals surface area contributed by atoms with Gasteiger partial charge in [0, 0.05) is 17.2 Å². The molecule has 17 heavy (non-hydrogen) atoms. The van der Waals surface area contributed by atoms with Crippen LogP contribution in [0.1, 0.15) is 56.2 Å². The van der Waals surface area contributed by atoms with Crippen LogP contribution in [0.25, 0.3) is 0 Å². The second-order valence-electron chi connectivity index (χ2n) is 5.03. The lowest BCUT2D eigenvalue weighted by Gasteiger charge is -2.08. The lowest BCUT2D eigenvalue weighted by Crippen LogP contribution is -2.28. The fourth-order valence-corrected chi connectivity index (χ4v) is 3.01. The van der Waals surface area contributed by atoms with Crippen LogP contribution in [0, 0.1) is 5.92 Å². The number of carbonyl (C=O) groups is 1. The first-order valence-corrected chi connectivity index (χ1v) is 7.27. The van der Waals surface area contributed by atoms with E-state index in [4.69, 9.17) is 0 Å². The van der Waals surface area contributed by atoms with Gasteiger partial charge < -0.3 is 5.32 Å². The minimum atomic E-state index is 0.210. The summed E-state index contributed by atoms with van der Waals surface area (Å²) < 4.78 is 0. The second kappa shape index (κ2) is 5.63. The highest BCUT2D eigenvalue weighted by Crippen LogP contribution is 2.25. The molecule has 1 heterocycles. The predicted octanol–water partition coefficient (Wildman–Crippen LogP) is 3.07. The molecule has 1 saturated carbocycles. The van der Waals surface area contributed by atoms with E-state index in [1.165, 1.54) is 12.8 Å². The summed E-state index contributed by atoms with van der Waals surface area (Å²) in [5, 5.41) is 6.19. The van der Waals surface area contributed by atoms with Crippen molar-refractivity contribution < 1.29 is 4.79 Å². The van der Waals surface area contributed by atoms with E-state index in [0.717, 1.165) is 23.5 Å². The molecule has 1 aromatic heterocycles. The predicted molar refractivity (Wildman–Crippen MR) is 70.0 cm³/mol. The van der Waals surface area contributed by atoms with Crippen molar-refractivity contribution in [2.45, 2.75) is 52.0 Å².